The first kappa shape index (κ1) is 24.6. The lowest BCUT2D eigenvalue weighted by atomic mass is 10.2. The molecule has 0 aliphatic carbocycles. The van der Waals surface area contributed by atoms with Crippen molar-refractivity contribution in [3.05, 3.63) is 54.0 Å². The van der Waals surface area contributed by atoms with Gasteiger partial charge in [-0.2, -0.15) is 0 Å². The third-order valence-electron chi connectivity index (χ3n) is 4.53. The maximum atomic E-state index is 12.4. The molecule has 2 heterocycles. The summed E-state index contributed by atoms with van der Waals surface area (Å²) >= 11 is 0. The summed E-state index contributed by atoms with van der Waals surface area (Å²) in [7, 11) is -3.54. The van der Waals surface area contributed by atoms with Crippen LogP contribution in [-0.4, -0.2) is 40.2 Å². The van der Waals surface area contributed by atoms with Gasteiger partial charge in [-0.05, 0) is 49.6 Å². The van der Waals surface area contributed by atoms with E-state index < -0.39 is 10.0 Å². The summed E-state index contributed by atoms with van der Waals surface area (Å²) in [4.78, 5) is 4.78. The molecule has 8 nitrogen and oxygen atoms in total. The summed E-state index contributed by atoms with van der Waals surface area (Å²) in [5, 5.41) is 6.37. The van der Waals surface area contributed by atoms with Gasteiger partial charge in [-0.3, -0.25) is 0 Å². The minimum Gasteiger partial charge on any atom is -0.467 e. The lowest BCUT2D eigenvalue weighted by molar-refractivity contribution is 0.114. The number of furan rings is 1. The quantitative estimate of drug-likeness (QED) is 0.253. The summed E-state index contributed by atoms with van der Waals surface area (Å²) in [5.41, 5.74) is 0.915. The van der Waals surface area contributed by atoms with Crippen LogP contribution in [0.3, 0.4) is 0 Å². The maximum Gasteiger partial charge on any atom is 0.240 e. The number of nitrogens with one attached hydrogen (secondary N) is 3. The summed E-state index contributed by atoms with van der Waals surface area (Å²) in [6, 6.07) is 10.5. The Bertz CT molecular complexity index is 880. The Morgan fingerprint density at radius 3 is 2.63 bits per heavy atom. The molecule has 30 heavy (non-hydrogen) atoms. The van der Waals surface area contributed by atoms with Crippen LogP contribution in [0.2, 0.25) is 0 Å². The van der Waals surface area contributed by atoms with Gasteiger partial charge in [0.05, 0.1) is 30.4 Å². The van der Waals surface area contributed by atoms with Crippen LogP contribution in [-0.2, 0) is 27.8 Å². The molecule has 1 atom stereocenters. The number of benzene rings is 1. The fourth-order valence-electron chi connectivity index (χ4n) is 2.96. The molecule has 1 saturated heterocycles. The van der Waals surface area contributed by atoms with Crippen LogP contribution in [0.5, 0.6) is 0 Å². The highest BCUT2D eigenvalue weighted by Gasteiger charge is 2.20. The highest BCUT2D eigenvalue weighted by Crippen LogP contribution is 2.14. The molecule has 1 aromatic heterocycles. The fraction of sp³-hybridized carbons (Fsp3) is 0.450. The Morgan fingerprint density at radius 1 is 1.20 bits per heavy atom. The van der Waals surface area contributed by atoms with Crippen LogP contribution in [0.4, 0.5) is 0 Å². The van der Waals surface area contributed by atoms with E-state index in [-0.39, 0.29) is 35.0 Å². The largest absolute Gasteiger partial charge is 0.467 e. The van der Waals surface area contributed by atoms with Gasteiger partial charge in [0.2, 0.25) is 10.0 Å². The molecular weight excluding hydrogens is 519 g/mol. The van der Waals surface area contributed by atoms with E-state index in [9.17, 15) is 8.42 Å². The van der Waals surface area contributed by atoms with Crippen LogP contribution in [0.1, 0.15) is 31.1 Å². The molecule has 166 valence electrons. The van der Waals surface area contributed by atoms with Crippen LogP contribution >= 0.6 is 24.0 Å². The first-order chi connectivity index (χ1) is 14.1. The van der Waals surface area contributed by atoms with E-state index in [0.717, 1.165) is 30.7 Å². The van der Waals surface area contributed by atoms with Crippen molar-refractivity contribution in [3.8, 4) is 0 Å². The maximum absolute atomic E-state index is 12.4. The number of nitrogens with zero attached hydrogens (tertiary/aromatic N) is 1. The van der Waals surface area contributed by atoms with E-state index in [4.69, 9.17) is 9.15 Å². The Hall–Kier alpha value is -1.63. The van der Waals surface area contributed by atoms with Gasteiger partial charge in [0.1, 0.15) is 5.76 Å². The Kier molecular flexibility index (Phi) is 10.1. The first-order valence-corrected chi connectivity index (χ1v) is 11.3. The number of ether oxygens (including phenoxy) is 1. The summed E-state index contributed by atoms with van der Waals surface area (Å²) in [6.07, 6.45) is 3.47. The monoisotopic (exact) mass is 548 g/mol. The third kappa shape index (κ3) is 7.56. The Balaban J connectivity index is 0.00000320. The third-order valence-corrected chi connectivity index (χ3v) is 5.97. The van der Waals surface area contributed by atoms with Crippen molar-refractivity contribution in [2.75, 3.05) is 19.7 Å². The second-order valence-electron chi connectivity index (χ2n) is 6.76. The molecular formula is C20H29IN4O4S. The van der Waals surface area contributed by atoms with Crippen molar-refractivity contribution in [2.45, 2.75) is 43.9 Å². The number of guanidine groups is 1. The molecule has 0 saturated carbocycles. The molecule has 0 spiro atoms. The Morgan fingerprint density at radius 2 is 2.00 bits per heavy atom. The van der Waals surface area contributed by atoms with Crippen molar-refractivity contribution in [3.63, 3.8) is 0 Å². The molecule has 3 N–H and O–H groups in total. The predicted octanol–water partition coefficient (Wildman–Crippen LogP) is 2.61. The number of hydrogen-bond donors (Lipinski definition) is 3. The molecule has 3 rings (SSSR count). The van der Waals surface area contributed by atoms with Gasteiger partial charge in [0.15, 0.2) is 5.96 Å². The van der Waals surface area contributed by atoms with Crippen LogP contribution in [0, 0.1) is 0 Å². The van der Waals surface area contributed by atoms with Crippen LogP contribution in [0.15, 0.2) is 57.0 Å². The molecule has 1 fully saturated rings. The number of sulfonamides is 1. The Labute approximate surface area is 194 Å². The van der Waals surface area contributed by atoms with E-state index in [2.05, 4.69) is 20.3 Å². The van der Waals surface area contributed by atoms with Gasteiger partial charge in [-0.1, -0.05) is 12.1 Å². The zero-order chi connectivity index (χ0) is 20.5. The van der Waals surface area contributed by atoms with E-state index >= 15 is 0 Å². The van der Waals surface area contributed by atoms with Crippen LogP contribution < -0.4 is 15.4 Å². The van der Waals surface area contributed by atoms with E-state index in [0.29, 0.717) is 32.2 Å². The van der Waals surface area contributed by atoms with Crippen molar-refractivity contribution >= 4 is 40.0 Å². The molecule has 1 aliphatic rings. The van der Waals surface area contributed by atoms with Crippen molar-refractivity contribution in [2.24, 2.45) is 4.99 Å². The van der Waals surface area contributed by atoms with Gasteiger partial charge >= 0.3 is 0 Å². The minimum absolute atomic E-state index is 0. The zero-order valence-electron chi connectivity index (χ0n) is 17.0. The first-order valence-electron chi connectivity index (χ1n) is 9.81. The van der Waals surface area contributed by atoms with E-state index in [1.54, 1.807) is 30.5 Å². The summed E-state index contributed by atoms with van der Waals surface area (Å²) in [6.45, 7) is 4.70. The number of aliphatic imine (C=N–C) groups is 1. The lowest BCUT2D eigenvalue weighted by Gasteiger charge is -2.12. The van der Waals surface area contributed by atoms with Gasteiger partial charge in [0, 0.05) is 19.7 Å². The van der Waals surface area contributed by atoms with Gasteiger partial charge in [-0.25, -0.2) is 18.1 Å². The predicted molar refractivity (Wildman–Crippen MR) is 126 cm³/mol. The summed E-state index contributed by atoms with van der Waals surface area (Å²) in [5.74, 6) is 1.49. The standard InChI is InChI=1S/C20H28N4O4S.HI/c1-2-21-20(23-14-17-5-3-11-27-17)22-13-16-7-9-19(10-8-16)29(25,26)24-15-18-6-4-12-28-18;/h3,5,7-11,18,24H,2,4,6,12-15H2,1H3,(H2,21,22,23);1H. The average molecular weight is 548 g/mol. The molecule has 10 heteroatoms. The smallest absolute Gasteiger partial charge is 0.240 e. The van der Waals surface area contributed by atoms with Crippen molar-refractivity contribution in [1.29, 1.82) is 0 Å². The second-order valence-corrected chi connectivity index (χ2v) is 8.53. The summed E-state index contributed by atoms with van der Waals surface area (Å²) < 4.78 is 38.2. The second kappa shape index (κ2) is 12.3. The zero-order valence-corrected chi connectivity index (χ0v) is 20.1. The van der Waals surface area contributed by atoms with Gasteiger partial charge < -0.3 is 19.8 Å². The number of rotatable bonds is 9. The number of halogens is 1. The molecule has 0 amide bonds. The molecule has 0 radical (unpaired) electrons. The average Bonchev–Trinajstić information content (AvgIpc) is 3.43. The number of hydrogen-bond acceptors (Lipinski definition) is 5. The highest BCUT2D eigenvalue weighted by atomic mass is 127. The SMILES string of the molecule is CCNC(=NCc1ccc(S(=O)(=O)NCC2CCCO2)cc1)NCc1ccco1.I. The highest BCUT2D eigenvalue weighted by molar-refractivity contribution is 14.0. The normalized spacial score (nSPS) is 16.8. The van der Waals surface area contributed by atoms with Gasteiger partial charge in [-0.15, -0.1) is 24.0 Å². The molecule has 1 unspecified atom stereocenters. The lowest BCUT2D eigenvalue weighted by Crippen LogP contribution is -2.36. The molecule has 1 aliphatic heterocycles. The molecule has 1 aromatic carbocycles. The van der Waals surface area contributed by atoms with Crippen LogP contribution in [0.25, 0.3) is 0 Å². The van der Waals surface area contributed by atoms with E-state index in [1.165, 1.54) is 0 Å². The topological polar surface area (TPSA) is 105 Å². The molecule has 2 aromatic rings. The molecule has 0 bridgehead atoms. The minimum atomic E-state index is -3.54. The van der Waals surface area contributed by atoms with E-state index in [1.807, 2.05) is 19.1 Å². The fourth-order valence-corrected chi connectivity index (χ4v) is 4.03. The van der Waals surface area contributed by atoms with Gasteiger partial charge in [0.25, 0.3) is 0 Å². The van der Waals surface area contributed by atoms with Crippen molar-refractivity contribution < 1.29 is 17.6 Å². The van der Waals surface area contributed by atoms with Crippen molar-refractivity contribution in [1.82, 2.24) is 15.4 Å².